The zero-order chi connectivity index (χ0) is 17.6. The lowest BCUT2D eigenvalue weighted by atomic mass is 9.63. The minimum Gasteiger partial charge on any atom is -0.324 e. The molecule has 3 amide bonds. The first-order valence-corrected chi connectivity index (χ1v) is 9.03. The summed E-state index contributed by atoms with van der Waals surface area (Å²) in [6.45, 7) is 1.84. The molecule has 2 fully saturated rings. The number of allylic oxidation sites excluding steroid dienone is 2. The number of benzene rings is 1. The largest absolute Gasteiger partial charge is 0.324 e. The first kappa shape index (κ1) is 16.1. The van der Waals surface area contributed by atoms with Crippen molar-refractivity contribution in [3.63, 3.8) is 0 Å². The van der Waals surface area contributed by atoms with Crippen LogP contribution < -0.4 is 5.32 Å². The number of amides is 3. The van der Waals surface area contributed by atoms with Gasteiger partial charge in [0.15, 0.2) is 0 Å². The molecule has 0 aromatic heterocycles. The van der Waals surface area contributed by atoms with Crippen LogP contribution in [0.1, 0.15) is 26.2 Å². The Morgan fingerprint density at radius 2 is 1.64 bits per heavy atom. The molecule has 1 N–H and O–H groups in total. The molecule has 130 valence electrons. The molecule has 3 aliphatic carbocycles. The zero-order valence-electron chi connectivity index (χ0n) is 14.2. The van der Waals surface area contributed by atoms with Gasteiger partial charge in [0.25, 0.3) is 0 Å². The monoisotopic (exact) mass is 338 g/mol. The molecule has 1 saturated carbocycles. The maximum absolute atomic E-state index is 13.0. The number of likely N-dealkylation sites (tertiary alicyclic amines) is 1. The lowest BCUT2D eigenvalue weighted by Gasteiger charge is -2.38. The third kappa shape index (κ3) is 2.49. The molecule has 1 saturated heterocycles. The number of nitrogens with zero attached hydrogens (tertiary/aromatic N) is 1. The van der Waals surface area contributed by atoms with Crippen LogP contribution in [0, 0.1) is 23.7 Å². The van der Waals surface area contributed by atoms with Crippen LogP contribution in [0.2, 0.25) is 0 Å². The Hall–Kier alpha value is -2.43. The topological polar surface area (TPSA) is 66.5 Å². The Bertz CT molecular complexity index is 711. The van der Waals surface area contributed by atoms with Crippen molar-refractivity contribution in [3.8, 4) is 0 Å². The highest BCUT2D eigenvalue weighted by Gasteiger charge is 2.58. The average molecular weight is 338 g/mol. The molecular formula is C20H22N2O3. The molecule has 0 spiro atoms. The summed E-state index contributed by atoms with van der Waals surface area (Å²) in [6, 6.07) is 8.38. The smallest absolute Gasteiger partial charge is 0.247 e. The number of carbonyl (C=O) groups excluding carboxylic acids is 3. The van der Waals surface area contributed by atoms with Gasteiger partial charge in [-0.15, -0.1) is 0 Å². The van der Waals surface area contributed by atoms with Crippen molar-refractivity contribution in [1.29, 1.82) is 0 Å². The van der Waals surface area contributed by atoms with Crippen LogP contribution in [-0.4, -0.2) is 28.7 Å². The van der Waals surface area contributed by atoms with Crippen LogP contribution in [0.5, 0.6) is 0 Å². The van der Waals surface area contributed by atoms with Crippen molar-refractivity contribution in [2.75, 3.05) is 5.32 Å². The summed E-state index contributed by atoms with van der Waals surface area (Å²) in [5.74, 6) is -0.871. The van der Waals surface area contributed by atoms with Gasteiger partial charge >= 0.3 is 0 Å². The van der Waals surface area contributed by atoms with Crippen molar-refractivity contribution in [2.45, 2.75) is 32.2 Å². The van der Waals surface area contributed by atoms with Gasteiger partial charge in [0.1, 0.15) is 6.04 Å². The summed E-state index contributed by atoms with van der Waals surface area (Å²) in [5, 5.41) is 2.83. The van der Waals surface area contributed by atoms with E-state index in [0.717, 1.165) is 12.8 Å². The lowest BCUT2D eigenvalue weighted by molar-refractivity contribution is -0.146. The number of anilines is 1. The molecule has 1 aromatic carbocycles. The first-order valence-electron chi connectivity index (χ1n) is 9.03. The highest BCUT2D eigenvalue weighted by atomic mass is 16.2. The summed E-state index contributed by atoms with van der Waals surface area (Å²) in [5.41, 5.74) is 0.671. The summed E-state index contributed by atoms with van der Waals surface area (Å²) in [7, 11) is 0. The van der Waals surface area contributed by atoms with E-state index in [4.69, 9.17) is 0 Å². The Morgan fingerprint density at radius 3 is 2.12 bits per heavy atom. The SMILES string of the molecule is CC[C@@H](C(=O)Nc1ccccc1)N1C(=O)[C@@H]2[C@H](C1=O)[C@H]1C=C[C@H]2CC1. The molecule has 5 rings (SSSR count). The Morgan fingerprint density at radius 1 is 1.08 bits per heavy atom. The highest BCUT2D eigenvalue weighted by Crippen LogP contribution is 2.50. The zero-order valence-corrected chi connectivity index (χ0v) is 14.2. The van der Waals surface area contributed by atoms with Gasteiger partial charge in [0.05, 0.1) is 11.8 Å². The molecule has 0 unspecified atom stereocenters. The van der Waals surface area contributed by atoms with Crippen molar-refractivity contribution in [3.05, 3.63) is 42.5 Å². The molecule has 5 nitrogen and oxygen atoms in total. The number of para-hydroxylation sites is 1. The predicted molar refractivity (Wildman–Crippen MR) is 93.3 cm³/mol. The summed E-state index contributed by atoms with van der Waals surface area (Å²) >= 11 is 0. The number of nitrogens with one attached hydrogen (secondary N) is 1. The molecular weight excluding hydrogens is 316 g/mol. The van der Waals surface area contributed by atoms with Crippen LogP contribution in [0.4, 0.5) is 5.69 Å². The number of imide groups is 1. The van der Waals surface area contributed by atoms with Crippen LogP contribution >= 0.6 is 0 Å². The Balaban J connectivity index is 1.58. The normalized spacial score (nSPS) is 31.2. The van der Waals surface area contributed by atoms with Gasteiger partial charge in [-0.1, -0.05) is 37.3 Å². The van der Waals surface area contributed by atoms with Gasteiger partial charge in [-0.05, 0) is 43.2 Å². The lowest BCUT2D eigenvalue weighted by Crippen LogP contribution is -2.47. The fraction of sp³-hybridized carbons (Fsp3) is 0.450. The minimum absolute atomic E-state index is 0.145. The van der Waals surface area contributed by atoms with E-state index >= 15 is 0 Å². The van der Waals surface area contributed by atoms with E-state index < -0.39 is 6.04 Å². The summed E-state index contributed by atoms with van der Waals surface area (Å²) in [4.78, 5) is 40.0. The van der Waals surface area contributed by atoms with E-state index in [-0.39, 0.29) is 41.4 Å². The van der Waals surface area contributed by atoms with Gasteiger partial charge in [-0.2, -0.15) is 0 Å². The molecule has 0 radical (unpaired) electrons. The van der Waals surface area contributed by atoms with Crippen molar-refractivity contribution in [2.24, 2.45) is 23.7 Å². The van der Waals surface area contributed by atoms with Gasteiger partial charge in [-0.3, -0.25) is 19.3 Å². The van der Waals surface area contributed by atoms with E-state index in [2.05, 4.69) is 17.5 Å². The quantitative estimate of drug-likeness (QED) is 0.678. The van der Waals surface area contributed by atoms with E-state index in [1.807, 2.05) is 25.1 Å². The fourth-order valence-electron chi connectivity index (χ4n) is 4.64. The summed E-state index contributed by atoms with van der Waals surface area (Å²) < 4.78 is 0. The second-order valence-corrected chi connectivity index (χ2v) is 7.17. The first-order chi connectivity index (χ1) is 12.1. The fourth-order valence-corrected chi connectivity index (χ4v) is 4.64. The van der Waals surface area contributed by atoms with Gasteiger partial charge in [0, 0.05) is 5.69 Å². The van der Waals surface area contributed by atoms with Crippen molar-refractivity contribution < 1.29 is 14.4 Å². The third-order valence-corrected chi connectivity index (χ3v) is 5.84. The van der Waals surface area contributed by atoms with E-state index in [0.29, 0.717) is 12.1 Å². The standard InChI is InChI=1S/C20H22N2O3/c1-2-15(18(23)21-14-6-4-3-5-7-14)22-19(24)16-12-8-9-13(11-10-12)17(16)20(22)25/h3-9,12-13,15-17H,2,10-11H2,1H3,(H,21,23)/t12-,13-,15-,16-,17+/m0/s1. The summed E-state index contributed by atoms with van der Waals surface area (Å²) in [6.07, 6.45) is 6.52. The van der Waals surface area contributed by atoms with E-state index in [9.17, 15) is 14.4 Å². The van der Waals surface area contributed by atoms with Crippen molar-refractivity contribution >= 4 is 23.4 Å². The third-order valence-electron chi connectivity index (χ3n) is 5.84. The van der Waals surface area contributed by atoms with Gasteiger partial charge in [0.2, 0.25) is 17.7 Å². The Labute approximate surface area is 147 Å². The average Bonchev–Trinajstić information content (AvgIpc) is 2.92. The maximum atomic E-state index is 13.0. The van der Waals surface area contributed by atoms with Gasteiger partial charge in [-0.25, -0.2) is 0 Å². The highest BCUT2D eigenvalue weighted by molar-refractivity contribution is 6.10. The predicted octanol–water partition coefficient (Wildman–Crippen LogP) is 2.60. The molecule has 1 aromatic rings. The van der Waals surface area contributed by atoms with Crippen LogP contribution in [0.3, 0.4) is 0 Å². The molecule has 4 aliphatic rings. The van der Waals surface area contributed by atoms with E-state index in [1.54, 1.807) is 12.1 Å². The van der Waals surface area contributed by atoms with Gasteiger partial charge < -0.3 is 5.32 Å². The number of hydrogen-bond acceptors (Lipinski definition) is 3. The van der Waals surface area contributed by atoms with Crippen LogP contribution in [0.25, 0.3) is 0 Å². The number of fused-ring (bicyclic) bond motifs is 1. The maximum Gasteiger partial charge on any atom is 0.247 e. The molecule has 1 aliphatic heterocycles. The molecule has 5 heteroatoms. The minimum atomic E-state index is -0.745. The second-order valence-electron chi connectivity index (χ2n) is 7.17. The number of hydrogen-bond donors (Lipinski definition) is 1. The molecule has 2 bridgehead atoms. The number of carbonyl (C=O) groups is 3. The second kappa shape index (κ2) is 6.14. The Kier molecular flexibility index (Phi) is 3.94. The van der Waals surface area contributed by atoms with Crippen LogP contribution in [-0.2, 0) is 14.4 Å². The van der Waals surface area contributed by atoms with Crippen molar-refractivity contribution in [1.82, 2.24) is 4.90 Å². The number of rotatable bonds is 4. The van der Waals surface area contributed by atoms with Crippen LogP contribution in [0.15, 0.2) is 42.5 Å². The molecule has 25 heavy (non-hydrogen) atoms. The van der Waals surface area contributed by atoms with E-state index in [1.165, 1.54) is 4.90 Å². The molecule has 5 atom stereocenters. The molecule has 1 heterocycles.